The van der Waals surface area contributed by atoms with Crippen molar-refractivity contribution in [2.24, 2.45) is 5.92 Å². The van der Waals surface area contributed by atoms with Crippen molar-refractivity contribution in [1.29, 1.82) is 0 Å². The molecule has 2 aliphatic heterocycles. The normalized spacial score (nSPS) is 26.4. The molecule has 2 heterocycles. The fourth-order valence-electron chi connectivity index (χ4n) is 2.54. The number of carbonyl (C=O) groups excluding carboxylic acids is 1. The molecule has 1 unspecified atom stereocenters. The zero-order chi connectivity index (χ0) is 13.2. The van der Waals surface area contributed by atoms with Crippen LogP contribution < -0.4 is 10.6 Å². The third-order valence-corrected chi connectivity index (χ3v) is 3.83. The number of alkyl halides is 2. The summed E-state index contributed by atoms with van der Waals surface area (Å²) in [5.41, 5.74) is 0. The van der Waals surface area contributed by atoms with Crippen LogP contribution in [0.15, 0.2) is 0 Å². The predicted octanol–water partition coefficient (Wildman–Crippen LogP) is 1.29. The van der Waals surface area contributed by atoms with E-state index in [1.54, 1.807) is 0 Å². The molecular formula is C12H23Cl2F2N3O. The number of carbonyl (C=O) groups is 1. The van der Waals surface area contributed by atoms with Crippen molar-refractivity contribution >= 4 is 30.7 Å². The zero-order valence-electron chi connectivity index (χ0n) is 11.5. The number of likely N-dealkylation sites (tertiary alicyclic amines) is 1. The van der Waals surface area contributed by atoms with Crippen molar-refractivity contribution in [2.75, 3.05) is 33.2 Å². The van der Waals surface area contributed by atoms with E-state index in [9.17, 15) is 13.6 Å². The number of nitrogens with one attached hydrogen (secondary N) is 2. The minimum Gasteiger partial charge on any atom is -0.354 e. The lowest BCUT2D eigenvalue weighted by atomic mass is 9.97. The van der Waals surface area contributed by atoms with Gasteiger partial charge in [-0.3, -0.25) is 10.1 Å². The summed E-state index contributed by atoms with van der Waals surface area (Å²) in [5.74, 6) is -2.55. The zero-order valence-corrected chi connectivity index (χ0v) is 13.2. The van der Waals surface area contributed by atoms with Gasteiger partial charge in [0.2, 0.25) is 5.91 Å². The number of piperidine rings is 1. The smallest absolute Gasteiger partial charge is 0.262 e. The van der Waals surface area contributed by atoms with E-state index >= 15 is 0 Å². The predicted molar refractivity (Wildman–Crippen MR) is 79.1 cm³/mol. The minimum absolute atomic E-state index is 0. The molecule has 0 aromatic rings. The fraction of sp³-hybridized carbons (Fsp3) is 0.917. The van der Waals surface area contributed by atoms with Gasteiger partial charge in [0.15, 0.2) is 0 Å². The van der Waals surface area contributed by atoms with Gasteiger partial charge in [0.25, 0.3) is 5.92 Å². The summed E-state index contributed by atoms with van der Waals surface area (Å²) in [6.45, 7) is 2.30. The van der Waals surface area contributed by atoms with E-state index in [0.29, 0.717) is 12.5 Å². The van der Waals surface area contributed by atoms with Crippen LogP contribution in [-0.4, -0.2) is 56.0 Å². The first-order valence-electron chi connectivity index (χ1n) is 6.54. The van der Waals surface area contributed by atoms with Crippen molar-refractivity contribution < 1.29 is 13.6 Å². The van der Waals surface area contributed by atoms with Gasteiger partial charge in [-0.05, 0) is 38.9 Å². The highest BCUT2D eigenvalue weighted by molar-refractivity contribution is 5.85. The van der Waals surface area contributed by atoms with Crippen LogP contribution in [0.4, 0.5) is 8.78 Å². The van der Waals surface area contributed by atoms with Crippen LogP contribution in [0.2, 0.25) is 0 Å². The third kappa shape index (κ3) is 5.68. The number of halogens is 4. The minimum atomic E-state index is -2.74. The van der Waals surface area contributed by atoms with Crippen molar-refractivity contribution in [3.05, 3.63) is 0 Å². The van der Waals surface area contributed by atoms with Gasteiger partial charge in [-0.2, -0.15) is 0 Å². The van der Waals surface area contributed by atoms with Crippen LogP contribution in [0, 0.1) is 5.92 Å². The lowest BCUT2D eigenvalue weighted by molar-refractivity contribution is -0.123. The third-order valence-electron chi connectivity index (χ3n) is 3.83. The molecule has 2 saturated heterocycles. The Morgan fingerprint density at radius 2 is 1.95 bits per heavy atom. The monoisotopic (exact) mass is 333 g/mol. The van der Waals surface area contributed by atoms with Crippen LogP contribution in [0.5, 0.6) is 0 Å². The van der Waals surface area contributed by atoms with Crippen molar-refractivity contribution in [2.45, 2.75) is 31.2 Å². The molecule has 2 aliphatic rings. The Balaban J connectivity index is 0.00000180. The first kappa shape index (κ1) is 19.8. The number of rotatable bonds is 3. The van der Waals surface area contributed by atoms with Gasteiger partial charge in [0.05, 0.1) is 12.6 Å². The van der Waals surface area contributed by atoms with E-state index in [4.69, 9.17) is 0 Å². The number of hydrogen-bond donors (Lipinski definition) is 2. The topological polar surface area (TPSA) is 44.4 Å². The Labute approximate surface area is 130 Å². The highest BCUT2D eigenvalue weighted by Gasteiger charge is 2.42. The van der Waals surface area contributed by atoms with Crippen LogP contribution in [-0.2, 0) is 4.79 Å². The van der Waals surface area contributed by atoms with E-state index in [0.717, 1.165) is 25.9 Å². The molecule has 0 bridgehead atoms. The highest BCUT2D eigenvalue weighted by Crippen LogP contribution is 2.25. The first-order valence-corrected chi connectivity index (χ1v) is 6.54. The molecule has 8 heteroatoms. The molecule has 20 heavy (non-hydrogen) atoms. The molecule has 1 amide bonds. The number of nitrogens with zero attached hydrogens (tertiary/aromatic N) is 1. The molecule has 2 rings (SSSR count). The molecule has 0 spiro atoms. The Hall–Kier alpha value is -0.170. The molecule has 120 valence electrons. The largest absolute Gasteiger partial charge is 0.354 e. The van der Waals surface area contributed by atoms with Crippen LogP contribution in [0.1, 0.15) is 19.3 Å². The highest BCUT2D eigenvalue weighted by atomic mass is 35.5. The maximum absolute atomic E-state index is 12.9. The van der Waals surface area contributed by atoms with E-state index in [2.05, 4.69) is 22.6 Å². The van der Waals surface area contributed by atoms with E-state index in [-0.39, 0.29) is 43.7 Å². The molecule has 0 saturated carbocycles. The maximum atomic E-state index is 12.9. The average molecular weight is 334 g/mol. The fourth-order valence-corrected chi connectivity index (χ4v) is 2.54. The summed E-state index contributed by atoms with van der Waals surface area (Å²) in [7, 11) is 2.08. The molecule has 0 aromatic carbocycles. The summed E-state index contributed by atoms with van der Waals surface area (Å²) >= 11 is 0. The maximum Gasteiger partial charge on any atom is 0.262 e. The molecular weight excluding hydrogens is 311 g/mol. The number of hydrogen-bond acceptors (Lipinski definition) is 3. The Kier molecular flexibility index (Phi) is 8.25. The van der Waals surface area contributed by atoms with E-state index < -0.39 is 12.0 Å². The summed E-state index contributed by atoms with van der Waals surface area (Å²) in [6.07, 6.45) is 1.74. The van der Waals surface area contributed by atoms with Crippen LogP contribution in [0.25, 0.3) is 0 Å². The van der Waals surface area contributed by atoms with Gasteiger partial charge in [-0.15, -0.1) is 24.8 Å². The second-order valence-electron chi connectivity index (χ2n) is 5.49. The second-order valence-corrected chi connectivity index (χ2v) is 5.49. The van der Waals surface area contributed by atoms with Crippen LogP contribution in [0.3, 0.4) is 0 Å². The van der Waals surface area contributed by atoms with Crippen LogP contribution >= 0.6 is 24.8 Å². The summed E-state index contributed by atoms with van der Waals surface area (Å²) < 4.78 is 25.9. The molecule has 0 aliphatic carbocycles. The number of amides is 1. The van der Waals surface area contributed by atoms with E-state index in [1.807, 2.05) is 0 Å². The lowest BCUT2D eigenvalue weighted by Gasteiger charge is -2.29. The van der Waals surface area contributed by atoms with Gasteiger partial charge < -0.3 is 10.2 Å². The summed E-state index contributed by atoms with van der Waals surface area (Å²) in [6, 6.07) is -0.730. The van der Waals surface area contributed by atoms with Crippen molar-refractivity contribution in [3.8, 4) is 0 Å². The van der Waals surface area contributed by atoms with Gasteiger partial charge in [-0.25, -0.2) is 8.78 Å². The van der Waals surface area contributed by atoms with Gasteiger partial charge in [-0.1, -0.05) is 0 Å². The molecule has 0 radical (unpaired) electrons. The quantitative estimate of drug-likeness (QED) is 0.817. The summed E-state index contributed by atoms with van der Waals surface area (Å²) in [5, 5.41) is 5.36. The SMILES string of the molecule is CN1CCC(CNC(=O)C2CC(F)(F)CN2)CC1.Cl.Cl. The molecule has 1 atom stereocenters. The molecule has 0 aromatic heterocycles. The second kappa shape index (κ2) is 8.32. The lowest BCUT2D eigenvalue weighted by Crippen LogP contribution is -2.43. The standard InChI is InChI=1S/C12H21F2N3O.2ClH/c1-17-4-2-9(3-5-17)7-15-11(18)10-6-12(13,14)8-16-10;;/h9-10,16H,2-8H2,1H3,(H,15,18);2*1H. The average Bonchev–Trinajstić information content (AvgIpc) is 2.69. The van der Waals surface area contributed by atoms with Gasteiger partial charge in [0, 0.05) is 13.0 Å². The van der Waals surface area contributed by atoms with E-state index in [1.165, 1.54) is 0 Å². The van der Waals surface area contributed by atoms with Crippen molar-refractivity contribution in [3.63, 3.8) is 0 Å². The Morgan fingerprint density at radius 1 is 1.35 bits per heavy atom. The molecule has 4 nitrogen and oxygen atoms in total. The Bertz CT molecular complexity index is 313. The molecule has 2 N–H and O–H groups in total. The molecule has 2 fully saturated rings. The van der Waals surface area contributed by atoms with Gasteiger partial charge in [0.1, 0.15) is 0 Å². The van der Waals surface area contributed by atoms with Crippen molar-refractivity contribution in [1.82, 2.24) is 15.5 Å². The van der Waals surface area contributed by atoms with Gasteiger partial charge >= 0.3 is 0 Å². The summed E-state index contributed by atoms with van der Waals surface area (Å²) in [4.78, 5) is 14.0. The first-order chi connectivity index (χ1) is 8.46. The Morgan fingerprint density at radius 3 is 2.45 bits per heavy atom.